The predicted octanol–water partition coefficient (Wildman–Crippen LogP) is 1.67. The molecule has 10 nitrogen and oxygen atoms in total. The molecule has 2 N–H and O–H groups in total. The Bertz CT molecular complexity index is 1390. The first kappa shape index (κ1) is 19.3. The summed E-state index contributed by atoms with van der Waals surface area (Å²) in [5.41, 5.74) is 1.80. The van der Waals surface area contributed by atoms with Crippen LogP contribution in [0.15, 0.2) is 70.7 Å². The number of hydrogen-bond donors (Lipinski definition) is 2. The molecule has 0 unspecified atom stereocenters. The van der Waals surface area contributed by atoms with E-state index in [0.29, 0.717) is 28.0 Å². The van der Waals surface area contributed by atoms with E-state index in [1.807, 2.05) is 0 Å². The third kappa shape index (κ3) is 3.53. The van der Waals surface area contributed by atoms with Crippen LogP contribution in [0, 0.1) is 0 Å². The number of aromatic nitrogens is 4. The van der Waals surface area contributed by atoms with Gasteiger partial charge < -0.3 is 4.74 Å². The number of ether oxygens (including phenoxy) is 1. The maximum Gasteiger partial charge on any atom is 0.349 e. The summed E-state index contributed by atoms with van der Waals surface area (Å²) in [5, 5.41) is 3.99. The van der Waals surface area contributed by atoms with Crippen molar-refractivity contribution in [1.82, 2.24) is 19.6 Å². The van der Waals surface area contributed by atoms with Gasteiger partial charge in [-0.05, 0) is 42.0 Å². The van der Waals surface area contributed by atoms with Gasteiger partial charge >= 0.3 is 11.7 Å². The number of H-pyrrole nitrogens is 1. The molecule has 0 fully saturated rings. The van der Waals surface area contributed by atoms with Crippen LogP contribution in [-0.4, -0.2) is 41.1 Å². The second-order valence-electron chi connectivity index (χ2n) is 6.20. The molecule has 0 radical (unpaired) electrons. The third-order valence-corrected chi connectivity index (χ3v) is 5.74. The Morgan fingerprint density at radius 3 is 2.47 bits per heavy atom. The first-order chi connectivity index (χ1) is 14.4. The molecule has 2 aromatic heterocycles. The largest absolute Gasteiger partial charge is 0.465 e. The molecule has 0 aliphatic heterocycles. The number of carbonyl (C=O) groups excluding carboxylic acids is 1. The molecule has 4 rings (SSSR count). The molecular weight excluding hydrogens is 410 g/mol. The smallest absolute Gasteiger partial charge is 0.349 e. The summed E-state index contributed by atoms with van der Waals surface area (Å²) in [7, 11) is -2.58. The minimum absolute atomic E-state index is 0.0468. The highest BCUT2D eigenvalue weighted by molar-refractivity contribution is 7.92. The van der Waals surface area contributed by atoms with Crippen molar-refractivity contribution in [3.8, 4) is 11.1 Å². The zero-order valence-corrected chi connectivity index (χ0v) is 16.4. The van der Waals surface area contributed by atoms with Crippen LogP contribution in [0.25, 0.3) is 16.8 Å². The monoisotopic (exact) mass is 425 g/mol. The highest BCUT2D eigenvalue weighted by Gasteiger charge is 2.16. The Morgan fingerprint density at radius 1 is 1.10 bits per heavy atom. The van der Waals surface area contributed by atoms with E-state index in [0.717, 1.165) is 4.52 Å². The normalized spacial score (nSPS) is 11.4. The number of sulfonamides is 1. The second-order valence-corrected chi connectivity index (χ2v) is 7.88. The van der Waals surface area contributed by atoms with Crippen molar-refractivity contribution in [2.45, 2.75) is 4.90 Å². The van der Waals surface area contributed by atoms with E-state index in [1.54, 1.807) is 12.1 Å². The molecule has 0 saturated heterocycles. The fourth-order valence-electron chi connectivity index (χ4n) is 2.85. The molecule has 152 valence electrons. The molecular formula is C19H15N5O5S. The summed E-state index contributed by atoms with van der Waals surface area (Å²) >= 11 is 0. The first-order valence-electron chi connectivity index (χ1n) is 8.62. The number of methoxy groups -OCH3 is 1. The highest BCUT2D eigenvalue weighted by atomic mass is 32.2. The van der Waals surface area contributed by atoms with Crippen LogP contribution in [0.5, 0.6) is 0 Å². The van der Waals surface area contributed by atoms with E-state index in [4.69, 9.17) is 0 Å². The van der Waals surface area contributed by atoms with Gasteiger partial charge in [-0.25, -0.2) is 23.0 Å². The van der Waals surface area contributed by atoms with E-state index in [1.165, 1.54) is 56.0 Å². The number of esters is 1. The van der Waals surface area contributed by atoms with Gasteiger partial charge in [-0.3, -0.25) is 9.71 Å². The average Bonchev–Trinajstić information content (AvgIpc) is 3.19. The number of carbonyl (C=O) groups is 1. The highest BCUT2D eigenvalue weighted by Crippen LogP contribution is 2.24. The maximum atomic E-state index is 12.7. The fraction of sp³-hybridized carbons (Fsp3) is 0.0526. The minimum Gasteiger partial charge on any atom is -0.465 e. The Morgan fingerprint density at radius 2 is 1.80 bits per heavy atom. The zero-order valence-electron chi connectivity index (χ0n) is 15.6. The Labute approximate surface area is 170 Å². The number of fused-ring (bicyclic) bond motifs is 1. The van der Waals surface area contributed by atoms with Gasteiger partial charge in [0, 0.05) is 11.3 Å². The number of benzene rings is 2. The van der Waals surface area contributed by atoms with Crippen molar-refractivity contribution in [3.05, 3.63) is 77.1 Å². The van der Waals surface area contributed by atoms with E-state index in [-0.39, 0.29) is 4.90 Å². The van der Waals surface area contributed by atoms with Crippen molar-refractivity contribution in [1.29, 1.82) is 0 Å². The van der Waals surface area contributed by atoms with Gasteiger partial charge in [0.1, 0.15) is 0 Å². The molecule has 0 atom stereocenters. The van der Waals surface area contributed by atoms with Crippen LogP contribution in [-0.2, 0) is 14.8 Å². The summed E-state index contributed by atoms with van der Waals surface area (Å²) in [6.07, 6.45) is 2.76. The minimum atomic E-state index is -3.84. The van der Waals surface area contributed by atoms with Crippen LogP contribution in [0.3, 0.4) is 0 Å². The lowest BCUT2D eigenvalue weighted by Gasteiger charge is -2.09. The molecule has 0 amide bonds. The summed E-state index contributed by atoms with van der Waals surface area (Å²) in [6, 6.07) is 12.0. The lowest BCUT2D eigenvalue weighted by Crippen LogP contribution is -2.17. The molecule has 4 aromatic rings. The van der Waals surface area contributed by atoms with Crippen molar-refractivity contribution in [3.63, 3.8) is 0 Å². The summed E-state index contributed by atoms with van der Waals surface area (Å²) < 4.78 is 33.5. The van der Waals surface area contributed by atoms with E-state index < -0.39 is 21.7 Å². The third-order valence-electron chi connectivity index (χ3n) is 4.34. The molecule has 2 heterocycles. The molecule has 0 spiro atoms. The fourth-order valence-corrected chi connectivity index (χ4v) is 3.91. The van der Waals surface area contributed by atoms with Crippen molar-refractivity contribution >= 4 is 27.3 Å². The first-order valence-corrected chi connectivity index (χ1v) is 10.1. The predicted molar refractivity (Wildman–Crippen MR) is 108 cm³/mol. The van der Waals surface area contributed by atoms with Crippen molar-refractivity contribution in [2.75, 3.05) is 11.8 Å². The van der Waals surface area contributed by atoms with Gasteiger partial charge in [-0.1, -0.05) is 12.1 Å². The van der Waals surface area contributed by atoms with E-state index in [2.05, 4.69) is 24.5 Å². The molecule has 2 aromatic carbocycles. The van der Waals surface area contributed by atoms with Gasteiger partial charge in [-0.2, -0.15) is 9.61 Å². The maximum absolute atomic E-state index is 12.7. The standard InChI is InChI=1S/C19H15N5O5S/c1-29-18(25)13-2-6-14(7-3-13)23-30(27,28)15-8-4-12(5-9-15)16-10-22-24-17(16)20-11-21-19(24)26/h2-11,23H,1H3,(H,20,21,26). The number of anilines is 1. The molecule has 30 heavy (non-hydrogen) atoms. The van der Waals surface area contributed by atoms with Gasteiger partial charge in [0.05, 0.1) is 30.1 Å². The summed E-state index contributed by atoms with van der Waals surface area (Å²) in [6.45, 7) is 0. The SMILES string of the molecule is COC(=O)c1ccc(NS(=O)(=O)c2ccc(-c3cnn4c(=O)[nH]cnc34)cc2)cc1. The number of nitrogens with zero attached hydrogens (tertiary/aromatic N) is 3. The van der Waals surface area contributed by atoms with Crippen LogP contribution >= 0.6 is 0 Å². The van der Waals surface area contributed by atoms with Crippen molar-refractivity contribution < 1.29 is 17.9 Å². The molecule has 0 saturated carbocycles. The number of hydrogen-bond acceptors (Lipinski definition) is 7. The van der Waals surface area contributed by atoms with Gasteiger partial charge in [0.25, 0.3) is 10.0 Å². The Kier molecular flexibility index (Phi) is 4.80. The number of aromatic amines is 1. The lowest BCUT2D eigenvalue weighted by atomic mass is 10.1. The Hall–Kier alpha value is -3.99. The molecule has 11 heteroatoms. The van der Waals surface area contributed by atoms with Gasteiger partial charge in [0.15, 0.2) is 5.65 Å². The van der Waals surface area contributed by atoms with Gasteiger partial charge in [-0.15, -0.1) is 0 Å². The lowest BCUT2D eigenvalue weighted by molar-refractivity contribution is 0.0600. The molecule has 0 bridgehead atoms. The Balaban J connectivity index is 1.59. The van der Waals surface area contributed by atoms with Crippen LogP contribution < -0.4 is 10.4 Å². The molecule has 0 aliphatic carbocycles. The van der Waals surface area contributed by atoms with Gasteiger partial charge in [0.2, 0.25) is 0 Å². The van der Waals surface area contributed by atoms with E-state index >= 15 is 0 Å². The topological polar surface area (TPSA) is 136 Å². The molecule has 0 aliphatic rings. The second kappa shape index (κ2) is 7.44. The average molecular weight is 425 g/mol. The number of nitrogens with one attached hydrogen (secondary N) is 2. The van der Waals surface area contributed by atoms with Crippen LogP contribution in [0.4, 0.5) is 5.69 Å². The summed E-state index contributed by atoms with van der Waals surface area (Å²) in [4.78, 5) is 29.8. The summed E-state index contributed by atoms with van der Waals surface area (Å²) in [5.74, 6) is -0.510. The quantitative estimate of drug-likeness (QED) is 0.464. The van der Waals surface area contributed by atoms with E-state index in [9.17, 15) is 18.0 Å². The van der Waals surface area contributed by atoms with Crippen LogP contribution in [0.2, 0.25) is 0 Å². The number of rotatable bonds is 5. The van der Waals surface area contributed by atoms with Crippen LogP contribution in [0.1, 0.15) is 10.4 Å². The van der Waals surface area contributed by atoms with Crippen molar-refractivity contribution in [2.24, 2.45) is 0 Å². The zero-order chi connectivity index (χ0) is 21.3.